The van der Waals surface area contributed by atoms with E-state index in [1.807, 2.05) is 14.0 Å². The van der Waals surface area contributed by atoms with Crippen molar-refractivity contribution < 1.29 is 4.79 Å². The van der Waals surface area contributed by atoms with E-state index >= 15 is 0 Å². The molecule has 0 atom stereocenters. The second-order valence-corrected chi connectivity index (χ2v) is 2.79. The maximum atomic E-state index is 11.2. The summed E-state index contributed by atoms with van der Waals surface area (Å²) < 4.78 is 1.70. The Balaban J connectivity index is 2.60. The van der Waals surface area contributed by atoms with E-state index in [-0.39, 0.29) is 5.91 Å². The van der Waals surface area contributed by atoms with Crippen LogP contribution < -0.4 is 10.6 Å². The molecule has 2 heterocycles. The van der Waals surface area contributed by atoms with Crippen LogP contribution in [0, 0.1) is 6.92 Å². The van der Waals surface area contributed by atoms with Crippen molar-refractivity contribution in [1.82, 2.24) is 15.1 Å². The third-order valence-corrected chi connectivity index (χ3v) is 2.06. The highest BCUT2D eigenvalue weighted by Gasteiger charge is 2.22. The number of hydrogen-bond acceptors (Lipinski definition) is 3. The van der Waals surface area contributed by atoms with Gasteiger partial charge in [-0.25, -0.2) is 0 Å². The first kappa shape index (κ1) is 7.15. The van der Waals surface area contributed by atoms with Gasteiger partial charge in [0.1, 0.15) is 0 Å². The van der Waals surface area contributed by atoms with Crippen molar-refractivity contribution in [2.24, 2.45) is 7.05 Å². The molecule has 64 valence electrons. The number of fused-ring (bicyclic) bond motifs is 1. The molecule has 0 aliphatic carbocycles. The van der Waals surface area contributed by atoms with Crippen molar-refractivity contribution in [2.45, 2.75) is 6.92 Å². The summed E-state index contributed by atoms with van der Waals surface area (Å²) in [5.41, 5.74) is 2.32. The van der Waals surface area contributed by atoms with Gasteiger partial charge in [0.15, 0.2) is 5.69 Å². The number of anilines is 1. The topological polar surface area (TPSA) is 59.0 Å². The molecule has 12 heavy (non-hydrogen) atoms. The van der Waals surface area contributed by atoms with Crippen molar-refractivity contribution in [2.75, 3.05) is 12.0 Å². The van der Waals surface area contributed by atoms with Crippen LogP contribution in [0.25, 0.3) is 0 Å². The number of carbonyl (C=O) groups excluding carboxylic acids is 1. The normalized spacial score (nSPS) is 15.0. The summed E-state index contributed by atoms with van der Waals surface area (Å²) in [6.07, 6.45) is 0. The van der Waals surface area contributed by atoms with E-state index in [4.69, 9.17) is 0 Å². The molecule has 0 aromatic carbocycles. The molecule has 1 aliphatic heterocycles. The zero-order chi connectivity index (χ0) is 8.72. The van der Waals surface area contributed by atoms with Crippen LogP contribution in [0.2, 0.25) is 0 Å². The summed E-state index contributed by atoms with van der Waals surface area (Å²) in [6.45, 7) is 2.41. The molecule has 0 radical (unpaired) electrons. The number of aryl methyl sites for hydroxylation is 1. The van der Waals surface area contributed by atoms with Gasteiger partial charge in [-0.2, -0.15) is 5.10 Å². The zero-order valence-corrected chi connectivity index (χ0v) is 7.01. The molecule has 1 amide bonds. The minimum atomic E-state index is -0.104. The molecule has 0 saturated heterocycles. The fourth-order valence-corrected chi connectivity index (χ4v) is 1.28. The van der Waals surface area contributed by atoms with Gasteiger partial charge in [0.05, 0.1) is 18.1 Å². The zero-order valence-electron chi connectivity index (χ0n) is 7.01. The number of aromatic nitrogens is 2. The Morgan fingerprint density at radius 3 is 2.92 bits per heavy atom. The third-order valence-electron chi connectivity index (χ3n) is 2.06. The Morgan fingerprint density at radius 2 is 2.25 bits per heavy atom. The molecular weight excluding hydrogens is 156 g/mol. The van der Waals surface area contributed by atoms with Gasteiger partial charge in [-0.1, -0.05) is 0 Å². The maximum absolute atomic E-state index is 11.2. The van der Waals surface area contributed by atoms with E-state index in [1.54, 1.807) is 4.68 Å². The van der Waals surface area contributed by atoms with Gasteiger partial charge in [-0.15, -0.1) is 0 Å². The lowest BCUT2D eigenvalue weighted by Crippen LogP contribution is -2.34. The SMILES string of the molecule is Cc1c2c(nn1C)C(=O)NCN2. The van der Waals surface area contributed by atoms with Crippen molar-refractivity contribution in [1.29, 1.82) is 0 Å². The molecule has 1 aliphatic rings. The minimum Gasteiger partial charge on any atom is -0.364 e. The average molecular weight is 166 g/mol. The van der Waals surface area contributed by atoms with Crippen molar-refractivity contribution in [3.05, 3.63) is 11.4 Å². The molecule has 1 aromatic heterocycles. The molecule has 1 aromatic rings. The lowest BCUT2D eigenvalue weighted by Gasteiger charge is -2.13. The monoisotopic (exact) mass is 166 g/mol. The van der Waals surface area contributed by atoms with E-state index < -0.39 is 0 Å². The van der Waals surface area contributed by atoms with Crippen LogP contribution in [0.5, 0.6) is 0 Å². The highest BCUT2D eigenvalue weighted by Crippen LogP contribution is 2.20. The first-order valence-electron chi connectivity index (χ1n) is 3.76. The van der Waals surface area contributed by atoms with Crippen LogP contribution in [-0.2, 0) is 7.05 Å². The molecule has 0 saturated carbocycles. The highest BCUT2D eigenvalue weighted by atomic mass is 16.2. The number of amides is 1. The summed E-state index contributed by atoms with van der Waals surface area (Å²) in [6, 6.07) is 0. The summed E-state index contributed by atoms with van der Waals surface area (Å²) in [4.78, 5) is 11.2. The standard InChI is InChI=1S/C7H10N4O/c1-4-5-6(10-11(4)2)7(12)9-3-8-5/h8H,3H2,1-2H3,(H,9,12). The fraction of sp³-hybridized carbons (Fsp3) is 0.429. The summed E-state index contributed by atoms with van der Waals surface area (Å²) >= 11 is 0. The quantitative estimate of drug-likeness (QED) is 0.563. The average Bonchev–Trinajstić information content (AvgIpc) is 2.32. The molecule has 0 unspecified atom stereocenters. The van der Waals surface area contributed by atoms with Gasteiger partial charge >= 0.3 is 0 Å². The Labute approximate surface area is 69.8 Å². The van der Waals surface area contributed by atoms with Crippen molar-refractivity contribution in [3.8, 4) is 0 Å². The van der Waals surface area contributed by atoms with Crippen molar-refractivity contribution >= 4 is 11.6 Å². The molecule has 0 fully saturated rings. The van der Waals surface area contributed by atoms with Crippen LogP contribution in [0.1, 0.15) is 16.2 Å². The Kier molecular flexibility index (Phi) is 1.33. The molecule has 2 N–H and O–H groups in total. The van der Waals surface area contributed by atoms with E-state index in [9.17, 15) is 4.79 Å². The molecule has 5 heteroatoms. The predicted molar refractivity (Wildman–Crippen MR) is 43.9 cm³/mol. The van der Waals surface area contributed by atoms with Gasteiger partial charge in [-0.3, -0.25) is 9.48 Å². The van der Waals surface area contributed by atoms with E-state index in [0.29, 0.717) is 12.4 Å². The maximum Gasteiger partial charge on any atom is 0.275 e. The Bertz CT molecular complexity index is 341. The predicted octanol–water partition coefficient (Wildman–Crippen LogP) is -0.159. The molecule has 2 rings (SSSR count). The van der Waals surface area contributed by atoms with Gasteiger partial charge in [-0.05, 0) is 6.92 Å². The second-order valence-electron chi connectivity index (χ2n) is 2.79. The second kappa shape index (κ2) is 2.23. The Morgan fingerprint density at radius 1 is 1.50 bits per heavy atom. The first-order chi connectivity index (χ1) is 5.70. The first-order valence-corrected chi connectivity index (χ1v) is 3.76. The van der Waals surface area contributed by atoms with Crippen LogP contribution in [0.15, 0.2) is 0 Å². The van der Waals surface area contributed by atoms with Crippen LogP contribution in [0.3, 0.4) is 0 Å². The summed E-state index contributed by atoms with van der Waals surface area (Å²) in [7, 11) is 1.82. The number of carbonyl (C=O) groups is 1. The largest absolute Gasteiger partial charge is 0.364 e. The van der Waals surface area contributed by atoms with E-state index in [0.717, 1.165) is 11.4 Å². The van der Waals surface area contributed by atoms with Gasteiger partial charge in [0.2, 0.25) is 0 Å². The van der Waals surface area contributed by atoms with Crippen molar-refractivity contribution in [3.63, 3.8) is 0 Å². The van der Waals surface area contributed by atoms with E-state index in [2.05, 4.69) is 15.7 Å². The molecule has 0 spiro atoms. The lowest BCUT2D eigenvalue weighted by atomic mass is 10.2. The fourth-order valence-electron chi connectivity index (χ4n) is 1.28. The number of hydrogen-bond donors (Lipinski definition) is 2. The lowest BCUT2D eigenvalue weighted by molar-refractivity contribution is 0.0947. The smallest absolute Gasteiger partial charge is 0.275 e. The number of nitrogens with zero attached hydrogens (tertiary/aromatic N) is 2. The summed E-state index contributed by atoms with van der Waals surface area (Å²) in [5, 5.41) is 9.79. The minimum absolute atomic E-state index is 0.104. The van der Waals surface area contributed by atoms with Crippen LogP contribution in [-0.4, -0.2) is 22.4 Å². The number of rotatable bonds is 0. The highest BCUT2D eigenvalue weighted by molar-refractivity contribution is 5.99. The van der Waals surface area contributed by atoms with Crippen LogP contribution in [0.4, 0.5) is 5.69 Å². The molecular formula is C7H10N4O. The van der Waals surface area contributed by atoms with Gasteiger partial charge in [0.25, 0.3) is 5.91 Å². The van der Waals surface area contributed by atoms with Gasteiger partial charge < -0.3 is 10.6 Å². The Hall–Kier alpha value is -1.52. The van der Waals surface area contributed by atoms with E-state index in [1.165, 1.54) is 0 Å². The molecule has 5 nitrogen and oxygen atoms in total. The summed E-state index contributed by atoms with van der Waals surface area (Å²) in [5.74, 6) is -0.104. The van der Waals surface area contributed by atoms with Gasteiger partial charge in [0, 0.05) is 7.05 Å². The van der Waals surface area contributed by atoms with Crippen LogP contribution >= 0.6 is 0 Å². The molecule has 0 bridgehead atoms. The third kappa shape index (κ3) is 0.792. The number of nitrogens with one attached hydrogen (secondary N) is 2.